The molecule has 5 nitrogen and oxygen atoms in total. The number of hydrogen-bond donors (Lipinski definition) is 1. The van der Waals surface area contributed by atoms with Crippen LogP contribution in [0, 0.1) is 0 Å². The van der Waals surface area contributed by atoms with Gasteiger partial charge in [0.1, 0.15) is 0 Å². The van der Waals surface area contributed by atoms with Gasteiger partial charge in [-0.2, -0.15) is 0 Å². The number of nitrogens with zero attached hydrogens (tertiary/aromatic N) is 4. The highest BCUT2D eigenvalue weighted by molar-refractivity contribution is 6.34. The predicted molar refractivity (Wildman–Crippen MR) is 86.2 cm³/mol. The van der Waals surface area contributed by atoms with Crippen molar-refractivity contribution in [2.24, 2.45) is 0 Å². The van der Waals surface area contributed by atoms with E-state index in [9.17, 15) is 5.11 Å². The number of rotatable bonds is 5. The van der Waals surface area contributed by atoms with Crippen molar-refractivity contribution >= 4 is 23.2 Å². The molecule has 1 aromatic carbocycles. The van der Waals surface area contributed by atoms with Gasteiger partial charge >= 0.3 is 0 Å². The van der Waals surface area contributed by atoms with Gasteiger partial charge in [-0.05, 0) is 36.6 Å². The molecule has 1 aliphatic rings. The lowest BCUT2D eigenvalue weighted by Gasteiger charge is -2.23. The summed E-state index contributed by atoms with van der Waals surface area (Å²) in [4.78, 5) is 2.26. The Morgan fingerprint density at radius 3 is 2.68 bits per heavy atom. The van der Waals surface area contributed by atoms with Crippen LogP contribution in [0.5, 0.6) is 0 Å². The summed E-state index contributed by atoms with van der Waals surface area (Å²) in [5.74, 6) is 0. The van der Waals surface area contributed by atoms with Crippen molar-refractivity contribution in [3.63, 3.8) is 0 Å². The predicted octanol–water partition coefficient (Wildman–Crippen LogP) is 2.26. The SMILES string of the molecule is OC1(Cn2ccnn2)CCN(CCc2cc(Cl)cc(Cl)c2)C1. The molecule has 1 saturated heterocycles. The van der Waals surface area contributed by atoms with Gasteiger partial charge in [-0.3, -0.25) is 4.90 Å². The van der Waals surface area contributed by atoms with Gasteiger partial charge in [-0.25, -0.2) is 4.68 Å². The quantitative estimate of drug-likeness (QED) is 0.907. The van der Waals surface area contributed by atoms with Crippen molar-refractivity contribution in [3.8, 4) is 0 Å². The maximum absolute atomic E-state index is 10.6. The molecule has 0 aliphatic carbocycles. The third kappa shape index (κ3) is 3.98. The van der Waals surface area contributed by atoms with Gasteiger partial charge in [0.2, 0.25) is 0 Å². The number of halogens is 2. The topological polar surface area (TPSA) is 54.2 Å². The molecule has 1 N–H and O–H groups in total. The van der Waals surface area contributed by atoms with E-state index in [4.69, 9.17) is 23.2 Å². The first-order chi connectivity index (χ1) is 10.5. The molecular weight excluding hydrogens is 323 g/mol. The molecule has 2 heterocycles. The summed E-state index contributed by atoms with van der Waals surface area (Å²) in [6, 6.07) is 5.61. The van der Waals surface area contributed by atoms with Crippen LogP contribution in [0.3, 0.4) is 0 Å². The molecule has 3 rings (SSSR count). The monoisotopic (exact) mass is 340 g/mol. The van der Waals surface area contributed by atoms with E-state index in [-0.39, 0.29) is 0 Å². The van der Waals surface area contributed by atoms with Crippen LogP contribution in [-0.4, -0.2) is 50.2 Å². The molecule has 0 amide bonds. The second-order valence-corrected chi connectivity index (χ2v) is 6.75. The van der Waals surface area contributed by atoms with E-state index in [0.717, 1.165) is 31.5 Å². The minimum absolute atomic E-state index is 0.479. The summed E-state index contributed by atoms with van der Waals surface area (Å²) in [6.07, 6.45) is 5.00. The second-order valence-electron chi connectivity index (χ2n) is 5.88. The molecule has 1 aromatic heterocycles. The molecule has 1 atom stereocenters. The second kappa shape index (κ2) is 6.54. The molecule has 0 spiro atoms. The van der Waals surface area contributed by atoms with Gasteiger partial charge in [0, 0.05) is 35.9 Å². The van der Waals surface area contributed by atoms with E-state index in [0.29, 0.717) is 23.1 Å². The number of likely N-dealkylation sites (tertiary alicyclic amines) is 1. The van der Waals surface area contributed by atoms with Crippen molar-refractivity contribution in [1.82, 2.24) is 19.9 Å². The first-order valence-corrected chi connectivity index (χ1v) is 8.02. The molecule has 22 heavy (non-hydrogen) atoms. The lowest BCUT2D eigenvalue weighted by molar-refractivity contribution is 0.0283. The molecule has 7 heteroatoms. The summed E-state index contributed by atoms with van der Waals surface area (Å²) in [5, 5.41) is 19.7. The highest BCUT2D eigenvalue weighted by atomic mass is 35.5. The summed E-state index contributed by atoms with van der Waals surface area (Å²) in [6.45, 7) is 2.86. The van der Waals surface area contributed by atoms with Gasteiger partial charge in [0.05, 0.1) is 18.3 Å². The Balaban J connectivity index is 1.54. The van der Waals surface area contributed by atoms with E-state index in [1.54, 1.807) is 23.1 Å². The van der Waals surface area contributed by atoms with Gasteiger partial charge < -0.3 is 5.11 Å². The van der Waals surface area contributed by atoms with Gasteiger partial charge in [-0.1, -0.05) is 28.4 Å². The molecule has 118 valence electrons. The molecule has 1 aliphatic heterocycles. The first-order valence-electron chi connectivity index (χ1n) is 7.26. The van der Waals surface area contributed by atoms with E-state index in [1.807, 2.05) is 12.1 Å². The lowest BCUT2D eigenvalue weighted by atomic mass is 10.0. The summed E-state index contributed by atoms with van der Waals surface area (Å²) in [5.41, 5.74) is 0.379. The third-order valence-corrected chi connectivity index (χ3v) is 4.42. The maximum atomic E-state index is 10.6. The first kappa shape index (κ1) is 15.7. The zero-order chi connectivity index (χ0) is 15.6. The fourth-order valence-electron chi connectivity index (χ4n) is 2.92. The molecule has 1 unspecified atom stereocenters. The van der Waals surface area contributed by atoms with Crippen LogP contribution in [0.25, 0.3) is 0 Å². The number of aromatic nitrogens is 3. The zero-order valence-electron chi connectivity index (χ0n) is 12.1. The normalized spacial score (nSPS) is 22.3. The molecule has 1 fully saturated rings. The Morgan fingerprint density at radius 2 is 2.00 bits per heavy atom. The summed E-state index contributed by atoms with van der Waals surface area (Å²) in [7, 11) is 0. The maximum Gasteiger partial charge on any atom is 0.0981 e. The molecule has 0 bridgehead atoms. The Bertz CT molecular complexity index is 614. The number of aliphatic hydroxyl groups is 1. The van der Waals surface area contributed by atoms with Gasteiger partial charge in [0.15, 0.2) is 0 Å². The Hall–Kier alpha value is -1.14. The highest BCUT2D eigenvalue weighted by Crippen LogP contribution is 2.24. The number of β-amino-alcohol motifs (C(OH)–C–C–N with tert-alkyl or cyclic N) is 1. The standard InChI is InChI=1S/C15H18Cl2N4O/c16-13-7-12(8-14(17)9-13)1-4-20-5-2-15(22,10-20)11-21-6-3-18-19-21/h3,6-9,22H,1-2,4-5,10-11H2. The van der Waals surface area contributed by atoms with Crippen molar-refractivity contribution in [1.29, 1.82) is 0 Å². The van der Waals surface area contributed by atoms with Crippen molar-refractivity contribution in [3.05, 3.63) is 46.2 Å². The van der Waals surface area contributed by atoms with E-state index >= 15 is 0 Å². The van der Waals surface area contributed by atoms with E-state index < -0.39 is 5.60 Å². The van der Waals surface area contributed by atoms with E-state index in [1.165, 1.54) is 0 Å². The van der Waals surface area contributed by atoms with Crippen molar-refractivity contribution in [2.45, 2.75) is 25.0 Å². The van der Waals surface area contributed by atoms with Gasteiger partial charge in [0.25, 0.3) is 0 Å². The minimum Gasteiger partial charge on any atom is -0.387 e. The van der Waals surface area contributed by atoms with Crippen LogP contribution in [-0.2, 0) is 13.0 Å². The van der Waals surface area contributed by atoms with Crippen LogP contribution in [0.2, 0.25) is 10.0 Å². The Morgan fingerprint density at radius 1 is 1.23 bits per heavy atom. The fourth-order valence-corrected chi connectivity index (χ4v) is 3.49. The van der Waals surface area contributed by atoms with Crippen LogP contribution in [0.4, 0.5) is 0 Å². The summed E-state index contributed by atoms with van der Waals surface area (Å²) >= 11 is 12.0. The smallest absolute Gasteiger partial charge is 0.0981 e. The average molecular weight is 341 g/mol. The number of hydrogen-bond acceptors (Lipinski definition) is 4. The molecular formula is C15H18Cl2N4O. The third-order valence-electron chi connectivity index (χ3n) is 3.98. The van der Waals surface area contributed by atoms with Crippen LogP contribution in [0.15, 0.2) is 30.6 Å². The van der Waals surface area contributed by atoms with Crippen LogP contribution in [0.1, 0.15) is 12.0 Å². The van der Waals surface area contributed by atoms with Crippen molar-refractivity contribution in [2.75, 3.05) is 19.6 Å². The van der Waals surface area contributed by atoms with Crippen molar-refractivity contribution < 1.29 is 5.11 Å². The Labute approximate surface area is 139 Å². The van der Waals surface area contributed by atoms with E-state index in [2.05, 4.69) is 15.2 Å². The molecule has 0 saturated carbocycles. The molecule has 2 aromatic rings. The highest BCUT2D eigenvalue weighted by Gasteiger charge is 2.36. The zero-order valence-corrected chi connectivity index (χ0v) is 13.6. The fraction of sp³-hybridized carbons (Fsp3) is 0.467. The Kier molecular flexibility index (Phi) is 4.68. The average Bonchev–Trinajstić information content (AvgIpc) is 3.06. The van der Waals surface area contributed by atoms with Crippen LogP contribution < -0.4 is 0 Å². The lowest BCUT2D eigenvalue weighted by Crippen LogP contribution is -2.38. The van der Waals surface area contributed by atoms with Gasteiger partial charge in [-0.15, -0.1) is 5.10 Å². The number of benzene rings is 1. The minimum atomic E-state index is -0.736. The van der Waals surface area contributed by atoms with Crippen LogP contribution >= 0.6 is 23.2 Å². The molecule has 0 radical (unpaired) electrons. The largest absolute Gasteiger partial charge is 0.387 e. The summed E-state index contributed by atoms with van der Waals surface area (Å²) < 4.78 is 1.68.